The molecule has 2 heterocycles. The largest absolute Gasteiger partial charge is 0.363 e. The Hall–Kier alpha value is -3.08. The normalized spacial score (nSPS) is 16.9. The lowest BCUT2D eigenvalue weighted by atomic mass is 10.1. The van der Waals surface area contributed by atoms with E-state index in [9.17, 15) is 4.79 Å². The van der Waals surface area contributed by atoms with Gasteiger partial charge >= 0.3 is 0 Å². The highest BCUT2D eigenvalue weighted by Crippen LogP contribution is 2.25. The number of amides is 1. The number of rotatable bonds is 3. The van der Waals surface area contributed by atoms with Crippen LogP contribution in [-0.4, -0.2) is 28.5 Å². The quantitative estimate of drug-likeness (QED) is 0.774. The maximum absolute atomic E-state index is 12.3. The molecular weight excluding hydrogens is 312 g/mol. The highest BCUT2D eigenvalue weighted by Gasteiger charge is 2.24. The second-order valence-corrected chi connectivity index (χ2v) is 6.40. The molecule has 0 radical (unpaired) electrons. The first-order valence-electron chi connectivity index (χ1n) is 8.45. The van der Waals surface area contributed by atoms with E-state index < -0.39 is 0 Å². The number of benzene rings is 2. The van der Waals surface area contributed by atoms with E-state index in [2.05, 4.69) is 20.2 Å². The number of H-pyrrole nitrogens is 1. The molecule has 0 spiro atoms. The van der Waals surface area contributed by atoms with E-state index >= 15 is 0 Å². The van der Waals surface area contributed by atoms with Gasteiger partial charge in [0, 0.05) is 23.8 Å². The average molecular weight is 332 g/mol. The van der Waals surface area contributed by atoms with Crippen LogP contribution in [0.25, 0.3) is 11.4 Å². The van der Waals surface area contributed by atoms with E-state index in [4.69, 9.17) is 0 Å². The number of imidazole rings is 1. The van der Waals surface area contributed by atoms with Crippen LogP contribution >= 0.6 is 0 Å². The molecule has 0 saturated heterocycles. The van der Waals surface area contributed by atoms with Gasteiger partial charge in [0.2, 0.25) is 0 Å². The summed E-state index contributed by atoms with van der Waals surface area (Å²) < 4.78 is 0. The van der Waals surface area contributed by atoms with Crippen LogP contribution in [0.4, 0.5) is 5.69 Å². The minimum atomic E-state index is -0.0137. The Labute approximate surface area is 146 Å². The fourth-order valence-corrected chi connectivity index (χ4v) is 3.26. The van der Waals surface area contributed by atoms with E-state index in [1.807, 2.05) is 67.7 Å². The van der Waals surface area contributed by atoms with Crippen molar-refractivity contribution in [2.45, 2.75) is 19.5 Å². The topological polar surface area (TPSA) is 61.0 Å². The lowest BCUT2D eigenvalue weighted by Gasteiger charge is -2.25. The smallest absolute Gasteiger partial charge is 0.253 e. The molecule has 1 aliphatic heterocycles. The van der Waals surface area contributed by atoms with Crippen LogP contribution in [0.5, 0.6) is 0 Å². The van der Waals surface area contributed by atoms with E-state index in [1.165, 1.54) is 0 Å². The number of carbonyl (C=O) groups excluding carboxylic acids is 1. The summed E-state index contributed by atoms with van der Waals surface area (Å²) in [6.45, 7) is 3.46. The summed E-state index contributed by atoms with van der Waals surface area (Å²) in [6, 6.07) is 17.9. The van der Waals surface area contributed by atoms with Crippen molar-refractivity contribution in [1.82, 2.24) is 15.3 Å². The number of fused-ring (bicyclic) bond motifs is 1. The summed E-state index contributed by atoms with van der Waals surface area (Å²) in [5.74, 6) is 0.848. The molecule has 3 aromatic rings. The number of hydrogen-bond acceptors (Lipinski definition) is 3. The molecule has 1 unspecified atom stereocenters. The van der Waals surface area contributed by atoms with Gasteiger partial charge in [-0.1, -0.05) is 42.5 Å². The van der Waals surface area contributed by atoms with Gasteiger partial charge in [0.05, 0.1) is 24.0 Å². The third kappa shape index (κ3) is 3.13. The second kappa shape index (κ2) is 6.43. The maximum atomic E-state index is 12.3. The van der Waals surface area contributed by atoms with Crippen molar-refractivity contribution in [2.24, 2.45) is 0 Å². The number of nitrogens with zero attached hydrogens (tertiary/aromatic N) is 2. The van der Waals surface area contributed by atoms with Gasteiger partial charge in [0.1, 0.15) is 5.82 Å². The van der Waals surface area contributed by atoms with Gasteiger partial charge in [-0.25, -0.2) is 4.98 Å². The molecule has 0 aliphatic carbocycles. The summed E-state index contributed by atoms with van der Waals surface area (Å²) in [5.41, 5.74) is 3.76. The number of aromatic nitrogens is 2. The van der Waals surface area contributed by atoms with Crippen LogP contribution in [0.2, 0.25) is 0 Å². The second-order valence-electron chi connectivity index (χ2n) is 6.40. The molecule has 0 bridgehead atoms. The first-order chi connectivity index (χ1) is 12.2. The maximum Gasteiger partial charge on any atom is 0.253 e. The first-order valence-corrected chi connectivity index (χ1v) is 8.45. The summed E-state index contributed by atoms with van der Waals surface area (Å²) in [7, 11) is 0. The molecule has 2 N–H and O–H groups in total. The van der Waals surface area contributed by atoms with Crippen molar-refractivity contribution in [1.29, 1.82) is 0 Å². The molecule has 0 saturated carbocycles. The van der Waals surface area contributed by atoms with E-state index in [-0.39, 0.29) is 11.9 Å². The number of para-hydroxylation sites is 1. The van der Waals surface area contributed by atoms with Gasteiger partial charge in [0.15, 0.2) is 0 Å². The number of anilines is 1. The highest BCUT2D eigenvalue weighted by atomic mass is 16.1. The number of nitrogens with one attached hydrogen (secondary N) is 2. The van der Waals surface area contributed by atoms with Gasteiger partial charge in [-0.3, -0.25) is 4.79 Å². The zero-order chi connectivity index (χ0) is 17.2. The van der Waals surface area contributed by atoms with Crippen LogP contribution < -0.4 is 10.2 Å². The molecule has 1 aromatic heterocycles. The molecule has 126 valence electrons. The van der Waals surface area contributed by atoms with Crippen molar-refractivity contribution >= 4 is 11.6 Å². The van der Waals surface area contributed by atoms with Crippen molar-refractivity contribution in [3.63, 3.8) is 0 Å². The molecule has 4 rings (SSSR count). The van der Waals surface area contributed by atoms with E-state index in [0.29, 0.717) is 6.54 Å². The van der Waals surface area contributed by atoms with Gasteiger partial charge < -0.3 is 15.2 Å². The molecule has 0 fully saturated rings. The summed E-state index contributed by atoms with van der Waals surface area (Å²) in [6.07, 6.45) is 1.87. The Morgan fingerprint density at radius 2 is 1.88 bits per heavy atom. The summed E-state index contributed by atoms with van der Waals surface area (Å²) in [4.78, 5) is 22.5. The van der Waals surface area contributed by atoms with Crippen molar-refractivity contribution in [2.75, 3.05) is 11.4 Å². The Balaban J connectivity index is 1.63. The lowest BCUT2D eigenvalue weighted by Crippen LogP contribution is -2.38. The molecule has 2 aromatic carbocycles. The lowest BCUT2D eigenvalue weighted by molar-refractivity contribution is 0.0945. The average Bonchev–Trinajstić information content (AvgIpc) is 3.06. The summed E-state index contributed by atoms with van der Waals surface area (Å²) >= 11 is 0. The third-order valence-electron chi connectivity index (χ3n) is 4.40. The number of hydrogen-bond donors (Lipinski definition) is 2. The van der Waals surface area contributed by atoms with Crippen LogP contribution in [-0.2, 0) is 6.54 Å². The van der Waals surface area contributed by atoms with Crippen LogP contribution in [0.15, 0.2) is 60.8 Å². The van der Waals surface area contributed by atoms with Crippen molar-refractivity contribution in [3.8, 4) is 11.4 Å². The molecule has 1 atom stereocenters. The van der Waals surface area contributed by atoms with Crippen molar-refractivity contribution < 1.29 is 4.79 Å². The van der Waals surface area contributed by atoms with Gasteiger partial charge in [-0.05, 0) is 19.1 Å². The van der Waals surface area contributed by atoms with Crippen LogP contribution in [0, 0.1) is 0 Å². The predicted molar refractivity (Wildman–Crippen MR) is 98.4 cm³/mol. The van der Waals surface area contributed by atoms with Gasteiger partial charge in [-0.15, -0.1) is 0 Å². The number of carbonyl (C=O) groups is 1. The van der Waals surface area contributed by atoms with E-state index in [0.717, 1.165) is 34.9 Å². The van der Waals surface area contributed by atoms with Crippen molar-refractivity contribution in [3.05, 3.63) is 72.1 Å². The van der Waals surface area contributed by atoms with Crippen LogP contribution in [0.3, 0.4) is 0 Å². The van der Waals surface area contributed by atoms with E-state index in [1.54, 1.807) is 0 Å². The minimum absolute atomic E-state index is 0.0137. The predicted octanol–water partition coefficient (Wildman–Crippen LogP) is 3.22. The Kier molecular flexibility index (Phi) is 3.98. The standard InChI is InChI=1S/C20H20N4O/c1-14-12-24(18-10-6-5-9-17(18)20(25)22-14)13-16-11-21-19(23-16)15-7-3-2-4-8-15/h2-11,14H,12-13H2,1H3,(H,21,23)(H,22,25). The molecular formula is C20H20N4O. The van der Waals surface area contributed by atoms with Gasteiger partial charge in [-0.2, -0.15) is 0 Å². The Bertz CT molecular complexity index is 887. The molecule has 25 heavy (non-hydrogen) atoms. The molecule has 5 nitrogen and oxygen atoms in total. The SMILES string of the molecule is CC1CN(Cc2cnc(-c3ccccc3)[nH]2)c2ccccc2C(=O)N1. The third-order valence-corrected chi connectivity index (χ3v) is 4.40. The zero-order valence-electron chi connectivity index (χ0n) is 14.1. The minimum Gasteiger partial charge on any atom is -0.363 e. The molecule has 5 heteroatoms. The Morgan fingerprint density at radius 3 is 2.72 bits per heavy atom. The molecule has 1 amide bonds. The molecule has 1 aliphatic rings. The fraction of sp³-hybridized carbons (Fsp3) is 0.200. The Morgan fingerprint density at radius 1 is 1.12 bits per heavy atom. The van der Waals surface area contributed by atoms with Gasteiger partial charge in [0.25, 0.3) is 5.91 Å². The highest BCUT2D eigenvalue weighted by molar-refractivity contribution is 6.00. The first kappa shape index (κ1) is 15.4. The number of aromatic amines is 1. The zero-order valence-corrected chi connectivity index (χ0v) is 14.1. The monoisotopic (exact) mass is 332 g/mol. The summed E-state index contributed by atoms with van der Waals surface area (Å²) in [5, 5.41) is 3.04. The van der Waals surface area contributed by atoms with Crippen LogP contribution in [0.1, 0.15) is 23.0 Å². The fourth-order valence-electron chi connectivity index (χ4n) is 3.26.